The van der Waals surface area contributed by atoms with Gasteiger partial charge in [0, 0.05) is 0 Å². The van der Waals surface area contributed by atoms with Crippen LogP contribution in [0.2, 0.25) is 0 Å². The van der Waals surface area contributed by atoms with Crippen molar-refractivity contribution in [3.8, 4) is 0 Å². The Morgan fingerprint density at radius 3 is 2.67 bits per heavy atom. The Morgan fingerprint density at radius 1 is 1.67 bits per heavy atom. The van der Waals surface area contributed by atoms with Crippen LogP contribution in [-0.2, 0) is 18.4 Å². The lowest BCUT2D eigenvalue weighted by Gasteiger charge is -2.10. The van der Waals surface area contributed by atoms with E-state index in [1.165, 1.54) is 0 Å². The number of aldehydes is 1. The molecule has 0 aromatic heterocycles. The van der Waals surface area contributed by atoms with Gasteiger partial charge in [-0.3, -0.25) is 14.2 Å². The lowest BCUT2D eigenvalue weighted by Crippen LogP contribution is -2.00. The Bertz CT molecular complexity index is 212. The smallest absolute Gasteiger partial charge is 0.401 e. The predicted molar refractivity (Wildman–Crippen MR) is 39.2 cm³/mol. The molecule has 0 bridgehead atoms. The van der Waals surface area contributed by atoms with Crippen LogP contribution < -0.4 is 0 Å². The molecule has 1 atom stereocenters. The van der Waals surface area contributed by atoms with Crippen LogP contribution in [0.15, 0.2) is 12.3 Å². The Morgan fingerprint density at radius 2 is 2.25 bits per heavy atom. The molecule has 0 amide bonds. The number of phosphoric acid groups is 1. The highest BCUT2D eigenvalue weighted by molar-refractivity contribution is 7.47. The lowest BCUT2D eigenvalue weighted by atomic mass is 10.7. The quantitative estimate of drug-likeness (QED) is 0.265. The zero-order chi connectivity index (χ0) is 9.61. The number of carbonyl (C=O) groups excluding carboxylic acids is 1. The molecule has 0 aliphatic rings. The summed E-state index contributed by atoms with van der Waals surface area (Å²) in [7, 11) is -4.27. The van der Waals surface area contributed by atoms with Crippen LogP contribution in [0, 0.1) is 0 Å². The van der Waals surface area contributed by atoms with Crippen LogP contribution >= 0.6 is 7.82 Å². The van der Waals surface area contributed by atoms with Gasteiger partial charge in [0.05, 0.1) is 13.2 Å². The second-order valence-corrected chi connectivity index (χ2v) is 3.08. The van der Waals surface area contributed by atoms with Crippen LogP contribution in [-0.4, -0.2) is 29.5 Å². The van der Waals surface area contributed by atoms with Gasteiger partial charge in [-0.05, 0) is 0 Å². The lowest BCUT2D eigenvalue weighted by molar-refractivity contribution is -0.106. The Balaban J connectivity index is 3.95. The van der Waals surface area contributed by atoms with Gasteiger partial charge in [0.2, 0.25) is 0 Å². The Labute approximate surface area is 69.0 Å². The molecule has 0 saturated heterocycles. The third-order valence-electron chi connectivity index (χ3n) is 0.710. The SMILES string of the molecule is C=C(C=O)OP(=O)(O)OCCO. The van der Waals surface area contributed by atoms with Crippen LogP contribution in [0.4, 0.5) is 0 Å². The first-order valence-electron chi connectivity index (χ1n) is 2.93. The molecule has 0 aliphatic heterocycles. The number of phosphoric ester groups is 1. The topological polar surface area (TPSA) is 93.1 Å². The summed E-state index contributed by atoms with van der Waals surface area (Å²) >= 11 is 0. The molecule has 6 nitrogen and oxygen atoms in total. The van der Waals surface area contributed by atoms with Gasteiger partial charge in [0.1, 0.15) is 0 Å². The van der Waals surface area contributed by atoms with E-state index in [4.69, 9.17) is 10.00 Å². The molecule has 2 N–H and O–H groups in total. The summed E-state index contributed by atoms with van der Waals surface area (Å²) in [5.74, 6) is -0.501. The molecule has 0 radical (unpaired) electrons. The first-order chi connectivity index (χ1) is 5.52. The van der Waals surface area contributed by atoms with E-state index < -0.39 is 20.2 Å². The summed E-state index contributed by atoms with van der Waals surface area (Å²) in [6.07, 6.45) is 0.172. The van der Waals surface area contributed by atoms with Crippen molar-refractivity contribution in [2.75, 3.05) is 13.2 Å². The fourth-order valence-corrected chi connectivity index (χ4v) is 1.06. The fourth-order valence-electron chi connectivity index (χ4n) is 0.352. The summed E-state index contributed by atoms with van der Waals surface area (Å²) in [5.41, 5.74) is 0. The standard InChI is InChI=1S/C5H9O6P/c1-5(4-7)11-12(8,9)10-3-2-6/h4,6H,1-3H2,(H,8,9). The minimum atomic E-state index is -4.27. The highest BCUT2D eigenvalue weighted by atomic mass is 31.2. The van der Waals surface area contributed by atoms with Gasteiger partial charge in [0.15, 0.2) is 12.0 Å². The third kappa shape index (κ3) is 5.03. The summed E-state index contributed by atoms with van der Waals surface area (Å²) < 4.78 is 19.0. The predicted octanol–water partition coefficient (Wildman–Crippen LogP) is -0.175. The minimum absolute atomic E-state index is 0.172. The molecular weight excluding hydrogens is 187 g/mol. The van der Waals surface area contributed by atoms with Crippen molar-refractivity contribution in [3.05, 3.63) is 12.3 Å². The number of hydrogen-bond donors (Lipinski definition) is 2. The van der Waals surface area contributed by atoms with Crippen LogP contribution in [0.5, 0.6) is 0 Å². The van der Waals surface area contributed by atoms with E-state index in [2.05, 4.69) is 15.6 Å². The number of carbonyl (C=O) groups is 1. The van der Waals surface area contributed by atoms with Crippen molar-refractivity contribution < 1.29 is 28.4 Å². The van der Waals surface area contributed by atoms with Gasteiger partial charge in [-0.2, -0.15) is 0 Å². The third-order valence-corrected chi connectivity index (χ3v) is 1.68. The van der Waals surface area contributed by atoms with E-state index >= 15 is 0 Å². The minimum Gasteiger partial charge on any atom is -0.401 e. The maximum absolute atomic E-state index is 10.7. The molecular formula is C5H9O6P. The molecule has 0 rings (SSSR count). The average Bonchev–Trinajstić information content (AvgIpc) is 2.00. The summed E-state index contributed by atoms with van der Waals surface area (Å²) in [6.45, 7) is 2.24. The Hall–Kier alpha value is -0.680. The second kappa shape index (κ2) is 5.05. The van der Waals surface area contributed by atoms with Crippen molar-refractivity contribution in [2.24, 2.45) is 0 Å². The number of aliphatic hydroxyl groups is 1. The van der Waals surface area contributed by atoms with E-state index in [0.717, 1.165) is 0 Å². The second-order valence-electron chi connectivity index (χ2n) is 1.70. The van der Waals surface area contributed by atoms with Crippen molar-refractivity contribution in [3.63, 3.8) is 0 Å². The van der Waals surface area contributed by atoms with E-state index in [1.807, 2.05) is 0 Å². The van der Waals surface area contributed by atoms with E-state index in [-0.39, 0.29) is 12.9 Å². The summed E-state index contributed by atoms with van der Waals surface area (Å²) in [6, 6.07) is 0. The van der Waals surface area contributed by atoms with Crippen LogP contribution in [0.3, 0.4) is 0 Å². The van der Waals surface area contributed by atoms with Crippen molar-refractivity contribution >= 4 is 14.1 Å². The number of hydrogen-bond acceptors (Lipinski definition) is 5. The largest absolute Gasteiger partial charge is 0.527 e. The highest BCUT2D eigenvalue weighted by Gasteiger charge is 2.22. The summed E-state index contributed by atoms with van der Waals surface area (Å²) in [5, 5.41) is 8.22. The molecule has 12 heavy (non-hydrogen) atoms. The molecule has 0 fully saturated rings. The van der Waals surface area contributed by atoms with E-state index in [1.54, 1.807) is 0 Å². The molecule has 70 valence electrons. The van der Waals surface area contributed by atoms with Gasteiger partial charge in [-0.15, -0.1) is 0 Å². The zero-order valence-corrected chi connectivity index (χ0v) is 7.07. The number of aliphatic hydroxyl groups excluding tert-OH is 1. The molecule has 0 aromatic carbocycles. The first kappa shape index (κ1) is 11.3. The molecule has 0 saturated carbocycles. The zero-order valence-electron chi connectivity index (χ0n) is 6.17. The number of rotatable bonds is 6. The molecule has 0 aliphatic carbocycles. The first-order valence-corrected chi connectivity index (χ1v) is 4.43. The maximum atomic E-state index is 10.7. The van der Waals surface area contributed by atoms with Crippen LogP contribution in [0.25, 0.3) is 0 Å². The monoisotopic (exact) mass is 196 g/mol. The van der Waals surface area contributed by atoms with Crippen molar-refractivity contribution in [2.45, 2.75) is 0 Å². The Kier molecular flexibility index (Phi) is 4.77. The average molecular weight is 196 g/mol. The van der Waals surface area contributed by atoms with Crippen molar-refractivity contribution in [1.82, 2.24) is 0 Å². The van der Waals surface area contributed by atoms with E-state index in [0.29, 0.717) is 0 Å². The normalized spacial score (nSPS) is 14.8. The maximum Gasteiger partial charge on any atom is 0.527 e. The van der Waals surface area contributed by atoms with Gasteiger partial charge >= 0.3 is 7.82 Å². The van der Waals surface area contributed by atoms with Gasteiger partial charge in [-0.1, -0.05) is 6.58 Å². The number of allylic oxidation sites excluding steroid dienone is 1. The van der Waals surface area contributed by atoms with Crippen LogP contribution in [0.1, 0.15) is 0 Å². The molecule has 7 heteroatoms. The molecule has 0 spiro atoms. The van der Waals surface area contributed by atoms with Crippen molar-refractivity contribution in [1.29, 1.82) is 0 Å². The van der Waals surface area contributed by atoms with Gasteiger partial charge < -0.3 is 9.63 Å². The highest BCUT2D eigenvalue weighted by Crippen LogP contribution is 2.44. The summed E-state index contributed by atoms with van der Waals surface area (Å²) in [4.78, 5) is 18.6. The molecule has 0 aromatic rings. The molecule has 1 unspecified atom stereocenters. The fraction of sp³-hybridized carbons (Fsp3) is 0.400. The van der Waals surface area contributed by atoms with Gasteiger partial charge in [-0.25, -0.2) is 4.57 Å². The van der Waals surface area contributed by atoms with Gasteiger partial charge in [0.25, 0.3) is 0 Å². The molecule has 0 heterocycles. The van der Waals surface area contributed by atoms with E-state index in [9.17, 15) is 9.36 Å².